The largest absolute Gasteiger partial charge is 0.489 e. The zero-order valence-electron chi connectivity index (χ0n) is 18.1. The van der Waals surface area contributed by atoms with E-state index in [0.29, 0.717) is 17.2 Å². The molecule has 0 aliphatic rings. The number of carbonyl (C=O) groups excluding carboxylic acids is 1. The summed E-state index contributed by atoms with van der Waals surface area (Å²) in [4.78, 5) is 12.5. The lowest BCUT2D eigenvalue weighted by atomic mass is 9.95. The third kappa shape index (κ3) is 6.47. The Hall–Kier alpha value is -3.04. The van der Waals surface area contributed by atoms with Crippen molar-refractivity contribution in [1.29, 1.82) is 0 Å². The van der Waals surface area contributed by atoms with Crippen LogP contribution in [0.5, 0.6) is 5.75 Å². The van der Waals surface area contributed by atoms with E-state index in [1.165, 1.54) is 5.56 Å². The number of rotatable bonds is 8. The van der Waals surface area contributed by atoms with Gasteiger partial charge in [0.05, 0.1) is 17.0 Å². The van der Waals surface area contributed by atoms with Crippen molar-refractivity contribution in [2.75, 3.05) is 7.05 Å². The first-order valence-corrected chi connectivity index (χ1v) is 10.8. The Morgan fingerprint density at radius 3 is 2.29 bits per heavy atom. The maximum Gasteiger partial charge on any atom is 0.227 e. The molecule has 0 aliphatic carbocycles. The minimum absolute atomic E-state index is 0.0192. The number of nitrogens with one attached hydrogen (secondary N) is 1. The summed E-state index contributed by atoms with van der Waals surface area (Å²) in [7, 11) is 1.66. The van der Waals surface area contributed by atoms with Crippen LogP contribution in [-0.2, 0) is 11.2 Å². The Balaban J connectivity index is 1.73. The smallest absolute Gasteiger partial charge is 0.227 e. The third-order valence-electron chi connectivity index (χ3n) is 4.94. The molecule has 0 fully saturated rings. The van der Waals surface area contributed by atoms with Crippen LogP contribution >= 0.6 is 11.6 Å². The summed E-state index contributed by atoms with van der Waals surface area (Å²) in [5.41, 5.74) is 4.37. The van der Waals surface area contributed by atoms with E-state index >= 15 is 0 Å². The fourth-order valence-electron chi connectivity index (χ4n) is 3.35. The molecule has 160 valence electrons. The van der Waals surface area contributed by atoms with Gasteiger partial charge in [0.2, 0.25) is 5.91 Å². The SMILES string of the molecule is CNC(=O)[C@@H](/C=C/c1ccc(OC(C)C)c(Cl)c1)Cc1ccc(-c2ccccc2)cc1. The normalized spacial score (nSPS) is 12.2. The van der Waals surface area contributed by atoms with E-state index in [2.05, 4.69) is 41.7 Å². The van der Waals surface area contributed by atoms with E-state index < -0.39 is 0 Å². The van der Waals surface area contributed by atoms with Crippen molar-refractivity contribution >= 4 is 23.6 Å². The molecular formula is C27H28ClNO2. The molecule has 0 saturated carbocycles. The van der Waals surface area contributed by atoms with Crippen LogP contribution in [0.4, 0.5) is 0 Å². The van der Waals surface area contributed by atoms with E-state index in [0.717, 1.165) is 16.7 Å². The van der Waals surface area contributed by atoms with Crippen LogP contribution in [0.2, 0.25) is 5.02 Å². The first-order valence-electron chi connectivity index (χ1n) is 10.5. The van der Waals surface area contributed by atoms with Gasteiger partial charge in [-0.1, -0.05) is 84.4 Å². The molecule has 0 aliphatic heterocycles. The summed E-state index contributed by atoms with van der Waals surface area (Å²) >= 11 is 6.34. The highest BCUT2D eigenvalue weighted by Crippen LogP contribution is 2.27. The average molecular weight is 434 g/mol. The quantitative estimate of drug-likeness (QED) is 0.445. The van der Waals surface area contributed by atoms with Crippen molar-refractivity contribution in [3.63, 3.8) is 0 Å². The summed E-state index contributed by atoms with van der Waals surface area (Å²) in [6, 6.07) is 24.3. The Kier molecular flexibility index (Phi) is 7.91. The number of carbonyl (C=O) groups is 1. The molecule has 0 spiro atoms. The van der Waals surface area contributed by atoms with Crippen LogP contribution in [0.15, 0.2) is 78.9 Å². The van der Waals surface area contributed by atoms with Gasteiger partial charge in [0.25, 0.3) is 0 Å². The molecule has 3 nitrogen and oxygen atoms in total. The van der Waals surface area contributed by atoms with Crippen LogP contribution < -0.4 is 10.1 Å². The standard InChI is InChI=1S/C27H28ClNO2/c1-19(2)31-26-16-12-21(18-25(26)28)11-15-24(27(30)29-3)17-20-9-13-23(14-10-20)22-7-5-4-6-8-22/h4-16,18-19,24H,17H2,1-3H3,(H,29,30)/b15-11+/t24-/m0/s1. The Bertz CT molecular complexity index is 1030. The number of hydrogen-bond acceptors (Lipinski definition) is 2. The second kappa shape index (κ2) is 10.8. The average Bonchev–Trinajstić information content (AvgIpc) is 2.78. The van der Waals surface area contributed by atoms with E-state index in [-0.39, 0.29) is 17.9 Å². The second-order valence-corrected chi connectivity index (χ2v) is 8.11. The molecule has 0 heterocycles. The number of halogens is 1. The summed E-state index contributed by atoms with van der Waals surface area (Å²) in [6.07, 6.45) is 4.54. The van der Waals surface area contributed by atoms with Crippen LogP contribution in [0.1, 0.15) is 25.0 Å². The number of hydrogen-bond donors (Lipinski definition) is 1. The fourth-order valence-corrected chi connectivity index (χ4v) is 3.58. The maximum atomic E-state index is 12.5. The van der Waals surface area contributed by atoms with E-state index in [1.54, 1.807) is 7.05 Å². The molecule has 1 amide bonds. The molecule has 3 rings (SSSR count). The van der Waals surface area contributed by atoms with E-state index in [1.807, 2.05) is 62.4 Å². The lowest BCUT2D eigenvalue weighted by molar-refractivity contribution is -0.123. The Labute approximate surface area is 189 Å². The monoisotopic (exact) mass is 433 g/mol. The number of benzene rings is 3. The Morgan fingerprint density at radius 1 is 1.00 bits per heavy atom. The highest BCUT2D eigenvalue weighted by molar-refractivity contribution is 6.32. The van der Waals surface area contributed by atoms with Gasteiger partial charge in [-0.25, -0.2) is 0 Å². The second-order valence-electron chi connectivity index (χ2n) is 7.70. The summed E-state index contributed by atoms with van der Waals surface area (Å²) in [5, 5.41) is 3.32. The van der Waals surface area contributed by atoms with E-state index in [9.17, 15) is 4.79 Å². The predicted octanol–water partition coefficient (Wildman–Crippen LogP) is 6.41. The number of ether oxygens (including phenoxy) is 1. The molecule has 0 radical (unpaired) electrons. The molecule has 1 N–H and O–H groups in total. The van der Waals surface area contributed by atoms with Gasteiger partial charge in [-0.15, -0.1) is 0 Å². The lowest BCUT2D eigenvalue weighted by Crippen LogP contribution is -2.27. The lowest BCUT2D eigenvalue weighted by Gasteiger charge is -2.13. The van der Waals surface area contributed by atoms with Gasteiger partial charge in [-0.3, -0.25) is 4.79 Å². The highest BCUT2D eigenvalue weighted by Gasteiger charge is 2.15. The fraction of sp³-hybridized carbons (Fsp3) is 0.222. The first-order chi connectivity index (χ1) is 15.0. The minimum Gasteiger partial charge on any atom is -0.489 e. The molecule has 0 aromatic heterocycles. The van der Waals surface area contributed by atoms with Crippen molar-refractivity contribution in [2.45, 2.75) is 26.4 Å². The molecule has 0 bridgehead atoms. The molecular weight excluding hydrogens is 406 g/mol. The molecule has 31 heavy (non-hydrogen) atoms. The van der Waals surface area contributed by atoms with Gasteiger partial charge in [0, 0.05) is 7.05 Å². The summed E-state index contributed by atoms with van der Waals surface area (Å²) < 4.78 is 5.68. The number of amides is 1. The molecule has 4 heteroatoms. The van der Waals surface area contributed by atoms with Gasteiger partial charge >= 0.3 is 0 Å². The summed E-state index contributed by atoms with van der Waals surface area (Å²) in [6.45, 7) is 3.93. The zero-order valence-corrected chi connectivity index (χ0v) is 18.9. The van der Waals surface area contributed by atoms with Crippen molar-refractivity contribution in [2.24, 2.45) is 5.92 Å². The van der Waals surface area contributed by atoms with Crippen molar-refractivity contribution < 1.29 is 9.53 Å². The van der Waals surface area contributed by atoms with Crippen LogP contribution in [-0.4, -0.2) is 19.1 Å². The van der Waals surface area contributed by atoms with Crippen LogP contribution in [0, 0.1) is 5.92 Å². The first kappa shape index (κ1) is 22.6. The summed E-state index contributed by atoms with van der Waals surface area (Å²) in [5.74, 6) is 0.363. The van der Waals surface area contributed by atoms with Crippen LogP contribution in [0.25, 0.3) is 17.2 Å². The van der Waals surface area contributed by atoms with E-state index in [4.69, 9.17) is 16.3 Å². The molecule has 1 atom stereocenters. The zero-order chi connectivity index (χ0) is 22.2. The van der Waals surface area contributed by atoms with Crippen molar-refractivity contribution in [3.8, 4) is 16.9 Å². The van der Waals surface area contributed by atoms with Crippen LogP contribution in [0.3, 0.4) is 0 Å². The topological polar surface area (TPSA) is 38.3 Å². The van der Waals surface area contributed by atoms with Gasteiger partial charge in [-0.05, 0) is 54.7 Å². The molecule has 3 aromatic rings. The van der Waals surface area contributed by atoms with Gasteiger partial charge in [0.1, 0.15) is 5.75 Å². The predicted molar refractivity (Wildman–Crippen MR) is 129 cm³/mol. The molecule has 0 unspecified atom stereocenters. The van der Waals surface area contributed by atoms with Crippen molar-refractivity contribution in [3.05, 3.63) is 95.0 Å². The third-order valence-corrected chi connectivity index (χ3v) is 5.23. The van der Waals surface area contributed by atoms with Crippen molar-refractivity contribution in [1.82, 2.24) is 5.32 Å². The van der Waals surface area contributed by atoms with Gasteiger partial charge in [-0.2, -0.15) is 0 Å². The maximum absolute atomic E-state index is 12.5. The molecule has 3 aromatic carbocycles. The van der Waals surface area contributed by atoms with Gasteiger partial charge in [0.15, 0.2) is 0 Å². The Morgan fingerprint density at radius 2 is 1.68 bits per heavy atom. The molecule has 0 saturated heterocycles. The minimum atomic E-state index is -0.280. The van der Waals surface area contributed by atoms with Gasteiger partial charge < -0.3 is 10.1 Å². The highest BCUT2D eigenvalue weighted by atomic mass is 35.5.